The molecule has 328 valence electrons. The molecule has 0 bridgehead atoms. The van der Waals surface area contributed by atoms with Gasteiger partial charge in [0.05, 0.1) is 25.9 Å². The summed E-state index contributed by atoms with van der Waals surface area (Å²) < 4.78 is 47.5. The standard InChI is InChI=1S/C41H70O14P2/c1-4-6-22-28-37(42)29-24-19-14-12-10-8-7-9-11-13-15-21-26-31-41(45)55-39(35-54-57(49,50)53-33-38(43)32-52-56(46,47)48)34-51-40(44)30-25-20-17-16-18-23-27-36(3)5-2/h6,8-11,14-15,19,21-22,24,29,36-39,42-43H,4-5,7,12-13,16-18,20,23,25-28,30-35H2,1-3H3,(H,49,50)(H2,46,47,48)/b10-8-,11-9-,19-14+,21-15-,22-6-,29-24+/t36?,37?,38-,39+/m0/s1. The number of aliphatic hydroxyl groups excluding tert-OH is 2. The summed E-state index contributed by atoms with van der Waals surface area (Å²) in [7, 11) is -9.71. The molecule has 0 amide bonds. The van der Waals surface area contributed by atoms with Crippen molar-refractivity contribution in [1.82, 2.24) is 0 Å². The zero-order chi connectivity index (χ0) is 42.6. The van der Waals surface area contributed by atoms with Gasteiger partial charge in [-0.2, -0.15) is 0 Å². The van der Waals surface area contributed by atoms with Crippen molar-refractivity contribution < 1.29 is 66.7 Å². The highest BCUT2D eigenvalue weighted by molar-refractivity contribution is 7.47. The number of hydrogen-bond acceptors (Lipinski definition) is 11. The van der Waals surface area contributed by atoms with E-state index in [9.17, 15) is 33.8 Å². The second kappa shape index (κ2) is 35.5. The monoisotopic (exact) mass is 848 g/mol. The summed E-state index contributed by atoms with van der Waals surface area (Å²) in [5, 5.41) is 19.5. The van der Waals surface area contributed by atoms with Gasteiger partial charge in [0.15, 0.2) is 6.10 Å². The number of allylic oxidation sites excluding steroid dienone is 10. The van der Waals surface area contributed by atoms with Crippen molar-refractivity contribution in [3.8, 4) is 0 Å². The smallest absolute Gasteiger partial charge is 0.462 e. The molecule has 0 aromatic heterocycles. The molecule has 14 nitrogen and oxygen atoms in total. The van der Waals surface area contributed by atoms with Crippen LogP contribution in [-0.2, 0) is 41.8 Å². The molecule has 3 unspecified atom stereocenters. The predicted molar refractivity (Wildman–Crippen MR) is 222 cm³/mol. The van der Waals surface area contributed by atoms with Crippen LogP contribution in [0.3, 0.4) is 0 Å². The normalized spacial score (nSPS) is 16.0. The summed E-state index contributed by atoms with van der Waals surface area (Å²) in [6.45, 7) is 3.67. The summed E-state index contributed by atoms with van der Waals surface area (Å²) in [6.07, 6.45) is 32.7. The topological polar surface area (TPSA) is 216 Å². The van der Waals surface area contributed by atoms with Crippen LogP contribution in [0.25, 0.3) is 0 Å². The minimum atomic E-state index is -4.87. The van der Waals surface area contributed by atoms with Crippen LogP contribution in [-0.4, -0.2) is 81.6 Å². The second-order valence-corrected chi connectivity index (χ2v) is 16.3. The van der Waals surface area contributed by atoms with Gasteiger partial charge in [-0.05, 0) is 50.9 Å². The minimum absolute atomic E-state index is 0.0125. The van der Waals surface area contributed by atoms with E-state index in [-0.39, 0.29) is 12.8 Å². The first-order valence-electron chi connectivity index (χ1n) is 20.1. The molecule has 0 aliphatic heterocycles. The number of aliphatic hydroxyl groups is 2. The molecule has 0 aliphatic carbocycles. The van der Waals surface area contributed by atoms with Gasteiger partial charge in [-0.25, -0.2) is 9.13 Å². The van der Waals surface area contributed by atoms with Gasteiger partial charge in [0, 0.05) is 12.8 Å². The molecule has 0 saturated heterocycles. The van der Waals surface area contributed by atoms with Crippen molar-refractivity contribution in [3.05, 3.63) is 72.9 Å². The van der Waals surface area contributed by atoms with Crippen LogP contribution < -0.4 is 0 Å². The first kappa shape index (κ1) is 54.5. The number of phosphoric acid groups is 2. The summed E-state index contributed by atoms with van der Waals surface area (Å²) >= 11 is 0. The number of unbranched alkanes of at least 4 members (excludes halogenated alkanes) is 5. The SMILES string of the molecule is CC/C=C\CC(O)/C=C/C=C/C/C=C\C/C=C\C/C=C\CCC(=O)O[C@H](COC(=O)CCCCCCCCC(C)CC)COP(=O)(O)OC[C@@H](O)COP(=O)(O)O. The fourth-order valence-corrected chi connectivity index (χ4v) is 5.94. The van der Waals surface area contributed by atoms with Gasteiger partial charge in [-0.1, -0.05) is 139 Å². The van der Waals surface area contributed by atoms with E-state index in [1.807, 2.05) is 54.7 Å². The first-order chi connectivity index (χ1) is 27.2. The quantitative estimate of drug-likeness (QED) is 0.0131. The van der Waals surface area contributed by atoms with Crippen LogP contribution >= 0.6 is 15.6 Å². The van der Waals surface area contributed by atoms with E-state index < -0.39 is 72.3 Å². The molecule has 0 heterocycles. The third-order valence-corrected chi connectivity index (χ3v) is 9.67. The lowest BCUT2D eigenvalue weighted by Crippen LogP contribution is -2.29. The predicted octanol–water partition coefficient (Wildman–Crippen LogP) is 8.66. The largest absolute Gasteiger partial charge is 0.472 e. The fourth-order valence-electron chi connectivity index (χ4n) is 4.78. The zero-order valence-corrected chi connectivity index (χ0v) is 36.0. The van der Waals surface area contributed by atoms with Gasteiger partial charge in [-0.3, -0.25) is 23.2 Å². The summed E-state index contributed by atoms with van der Waals surface area (Å²) in [4.78, 5) is 52.5. The van der Waals surface area contributed by atoms with Crippen LogP contribution in [0.15, 0.2) is 72.9 Å². The Morgan fingerprint density at radius 2 is 1.25 bits per heavy atom. The Bertz CT molecular complexity index is 1320. The van der Waals surface area contributed by atoms with E-state index in [2.05, 4.69) is 42.0 Å². The molecule has 5 N–H and O–H groups in total. The summed E-state index contributed by atoms with van der Waals surface area (Å²) in [5.41, 5.74) is 0. The lowest BCUT2D eigenvalue weighted by Gasteiger charge is -2.20. The molecule has 0 rings (SSSR count). The van der Waals surface area contributed by atoms with E-state index in [4.69, 9.17) is 23.8 Å². The average molecular weight is 849 g/mol. The Balaban J connectivity index is 4.73. The molecular formula is C41H70O14P2. The van der Waals surface area contributed by atoms with E-state index in [1.165, 1.54) is 19.3 Å². The maximum atomic E-state index is 12.6. The fraction of sp³-hybridized carbons (Fsp3) is 0.659. The molecule has 5 atom stereocenters. The Morgan fingerprint density at radius 1 is 0.649 bits per heavy atom. The van der Waals surface area contributed by atoms with Crippen molar-refractivity contribution >= 4 is 27.6 Å². The van der Waals surface area contributed by atoms with Crippen molar-refractivity contribution in [2.45, 2.75) is 142 Å². The van der Waals surface area contributed by atoms with Gasteiger partial charge in [0.1, 0.15) is 12.7 Å². The van der Waals surface area contributed by atoms with Crippen molar-refractivity contribution in [1.29, 1.82) is 0 Å². The number of hydrogen-bond donors (Lipinski definition) is 5. The molecule has 57 heavy (non-hydrogen) atoms. The molecule has 0 aliphatic rings. The summed E-state index contributed by atoms with van der Waals surface area (Å²) in [6, 6.07) is 0. The van der Waals surface area contributed by atoms with E-state index in [0.717, 1.165) is 50.9 Å². The van der Waals surface area contributed by atoms with Gasteiger partial charge >= 0.3 is 27.6 Å². The number of esters is 2. The molecule has 16 heteroatoms. The maximum absolute atomic E-state index is 12.6. The van der Waals surface area contributed by atoms with Crippen molar-refractivity contribution in [3.63, 3.8) is 0 Å². The molecule has 0 fully saturated rings. The minimum Gasteiger partial charge on any atom is -0.462 e. The van der Waals surface area contributed by atoms with Gasteiger partial charge in [0.2, 0.25) is 0 Å². The Labute approximate surface area is 340 Å². The molecular weight excluding hydrogens is 778 g/mol. The average Bonchev–Trinajstić information content (AvgIpc) is 3.16. The highest BCUT2D eigenvalue weighted by Crippen LogP contribution is 2.43. The van der Waals surface area contributed by atoms with E-state index in [0.29, 0.717) is 25.7 Å². The molecule has 0 radical (unpaired) electrons. The van der Waals surface area contributed by atoms with Crippen LogP contribution in [0.4, 0.5) is 0 Å². The van der Waals surface area contributed by atoms with Gasteiger partial charge < -0.3 is 34.4 Å². The van der Waals surface area contributed by atoms with Gasteiger partial charge in [-0.15, -0.1) is 0 Å². The second-order valence-electron chi connectivity index (χ2n) is 13.6. The van der Waals surface area contributed by atoms with Crippen molar-refractivity contribution in [2.75, 3.05) is 26.4 Å². The Hall–Kier alpha value is -2.48. The summed E-state index contributed by atoms with van der Waals surface area (Å²) in [5.74, 6) is -0.422. The number of carbonyl (C=O) groups excluding carboxylic acids is 2. The highest BCUT2D eigenvalue weighted by atomic mass is 31.2. The molecule has 0 aromatic rings. The number of ether oxygens (including phenoxy) is 2. The lowest BCUT2D eigenvalue weighted by molar-refractivity contribution is -0.161. The molecule has 0 spiro atoms. The lowest BCUT2D eigenvalue weighted by atomic mass is 10.00. The maximum Gasteiger partial charge on any atom is 0.472 e. The third-order valence-electron chi connectivity index (χ3n) is 8.23. The Kier molecular flexibility index (Phi) is 33.9. The molecule has 0 saturated carbocycles. The zero-order valence-electron chi connectivity index (χ0n) is 34.2. The van der Waals surface area contributed by atoms with E-state index in [1.54, 1.807) is 6.08 Å². The van der Waals surface area contributed by atoms with Crippen molar-refractivity contribution in [2.24, 2.45) is 5.92 Å². The number of rotatable bonds is 36. The van der Waals surface area contributed by atoms with Crippen LogP contribution in [0.2, 0.25) is 0 Å². The molecule has 0 aromatic carbocycles. The highest BCUT2D eigenvalue weighted by Gasteiger charge is 2.28. The van der Waals surface area contributed by atoms with Crippen LogP contribution in [0.1, 0.15) is 124 Å². The number of carbonyl (C=O) groups is 2. The van der Waals surface area contributed by atoms with Crippen LogP contribution in [0.5, 0.6) is 0 Å². The third kappa shape index (κ3) is 38.8. The number of phosphoric ester groups is 2. The van der Waals surface area contributed by atoms with E-state index >= 15 is 0 Å². The van der Waals surface area contributed by atoms with Gasteiger partial charge in [0.25, 0.3) is 0 Å². The first-order valence-corrected chi connectivity index (χ1v) is 23.2. The Morgan fingerprint density at radius 3 is 1.89 bits per heavy atom. The van der Waals surface area contributed by atoms with Crippen LogP contribution in [0, 0.1) is 5.92 Å².